The molecule has 2 N–H and O–H groups in total. The molecule has 1 saturated heterocycles. The first kappa shape index (κ1) is 10.4. The molecule has 0 saturated carbocycles. The van der Waals surface area contributed by atoms with Gasteiger partial charge in [-0.15, -0.1) is 0 Å². The summed E-state index contributed by atoms with van der Waals surface area (Å²) in [5.74, 6) is 1.81. The lowest BCUT2D eigenvalue weighted by Crippen LogP contribution is -2.42. The van der Waals surface area contributed by atoms with Crippen LogP contribution in [0.25, 0.3) is 0 Å². The van der Waals surface area contributed by atoms with Crippen LogP contribution < -0.4 is 17.0 Å². The van der Waals surface area contributed by atoms with E-state index in [4.69, 9.17) is 5.73 Å². The van der Waals surface area contributed by atoms with Gasteiger partial charge in [0.15, 0.2) is 0 Å². The molecule has 2 rings (SSSR count). The van der Waals surface area contributed by atoms with Crippen LogP contribution >= 0.6 is 11.8 Å². The van der Waals surface area contributed by atoms with Gasteiger partial charge in [-0.05, 0) is 12.2 Å². The van der Waals surface area contributed by atoms with Gasteiger partial charge in [0.2, 0.25) is 0 Å². The zero-order chi connectivity index (χ0) is 11.0. The summed E-state index contributed by atoms with van der Waals surface area (Å²) < 4.78 is 2.65. The van der Waals surface area contributed by atoms with E-state index < -0.39 is 0 Å². The van der Waals surface area contributed by atoms with Gasteiger partial charge in [-0.3, -0.25) is 9.36 Å². The van der Waals surface area contributed by atoms with Crippen molar-refractivity contribution >= 4 is 17.4 Å². The zero-order valence-corrected chi connectivity index (χ0v) is 9.29. The van der Waals surface area contributed by atoms with Gasteiger partial charge >= 0.3 is 5.69 Å². The van der Waals surface area contributed by atoms with E-state index in [1.165, 1.54) is 15.3 Å². The predicted octanol–water partition coefficient (Wildman–Crippen LogP) is -0.193. The average molecular weight is 227 g/mol. The zero-order valence-electron chi connectivity index (χ0n) is 8.47. The normalized spacial score (nSPS) is 20.7. The van der Waals surface area contributed by atoms with Crippen molar-refractivity contribution in [2.45, 2.75) is 12.5 Å². The van der Waals surface area contributed by atoms with E-state index in [9.17, 15) is 9.59 Å². The highest BCUT2D eigenvalue weighted by atomic mass is 32.2. The van der Waals surface area contributed by atoms with E-state index in [2.05, 4.69) is 0 Å². The number of anilines is 1. The van der Waals surface area contributed by atoms with Crippen molar-refractivity contribution in [1.82, 2.24) is 9.13 Å². The quantitative estimate of drug-likeness (QED) is 0.721. The molecule has 1 unspecified atom stereocenters. The van der Waals surface area contributed by atoms with Crippen molar-refractivity contribution in [2.24, 2.45) is 7.05 Å². The van der Waals surface area contributed by atoms with Crippen LogP contribution in [-0.4, -0.2) is 20.6 Å². The Kier molecular flexibility index (Phi) is 2.60. The van der Waals surface area contributed by atoms with Gasteiger partial charge in [0, 0.05) is 19.0 Å². The molecule has 1 aromatic heterocycles. The average Bonchev–Trinajstić information content (AvgIpc) is 2.69. The summed E-state index contributed by atoms with van der Waals surface area (Å²) in [7, 11) is 1.61. The number of nitrogens with zero attached hydrogens (tertiary/aromatic N) is 2. The lowest BCUT2D eigenvalue weighted by atomic mass is 10.2. The lowest BCUT2D eigenvalue weighted by molar-refractivity contribution is 0.497. The minimum atomic E-state index is -0.356. The second-order valence-corrected chi connectivity index (χ2v) is 4.82. The highest BCUT2D eigenvalue weighted by Crippen LogP contribution is 2.25. The fourth-order valence-corrected chi connectivity index (χ4v) is 2.96. The number of rotatable bonds is 1. The van der Waals surface area contributed by atoms with Gasteiger partial charge < -0.3 is 10.3 Å². The largest absolute Gasteiger partial charge is 0.393 e. The monoisotopic (exact) mass is 227 g/mol. The van der Waals surface area contributed by atoms with Gasteiger partial charge in [0.05, 0.1) is 6.04 Å². The first-order valence-electron chi connectivity index (χ1n) is 4.76. The minimum absolute atomic E-state index is 0.00435. The molecule has 15 heavy (non-hydrogen) atoms. The van der Waals surface area contributed by atoms with Crippen LogP contribution in [0.5, 0.6) is 0 Å². The summed E-state index contributed by atoms with van der Waals surface area (Å²) in [6, 6.07) is 0.00435. The first-order valence-corrected chi connectivity index (χ1v) is 5.92. The third-order valence-electron chi connectivity index (χ3n) is 2.58. The van der Waals surface area contributed by atoms with Crippen LogP contribution in [0.15, 0.2) is 15.8 Å². The van der Waals surface area contributed by atoms with Gasteiger partial charge in [0.25, 0.3) is 5.56 Å². The maximum atomic E-state index is 11.8. The van der Waals surface area contributed by atoms with E-state index in [1.807, 2.05) is 0 Å². The summed E-state index contributed by atoms with van der Waals surface area (Å²) in [4.78, 5) is 23.5. The molecule has 5 nitrogen and oxygen atoms in total. The third kappa shape index (κ3) is 1.69. The van der Waals surface area contributed by atoms with E-state index >= 15 is 0 Å². The Labute approximate surface area is 90.9 Å². The summed E-state index contributed by atoms with van der Waals surface area (Å²) >= 11 is 1.76. The maximum absolute atomic E-state index is 11.8. The molecule has 2 heterocycles. The van der Waals surface area contributed by atoms with Gasteiger partial charge in [-0.2, -0.15) is 11.8 Å². The summed E-state index contributed by atoms with van der Waals surface area (Å²) in [6.07, 6.45) is 2.24. The van der Waals surface area contributed by atoms with E-state index in [-0.39, 0.29) is 23.0 Å². The molecule has 0 spiro atoms. The Hall–Kier alpha value is -1.17. The molecule has 0 aliphatic carbocycles. The van der Waals surface area contributed by atoms with Crippen molar-refractivity contribution in [3.8, 4) is 0 Å². The molecule has 82 valence electrons. The Morgan fingerprint density at radius 2 is 2.27 bits per heavy atom. The van der Waals surface area contributed by atoms with Crippen LogP contribution in [0.1, 0.15) is 12.5 Å². The van der Waals surface area contributed by atoms with E-state index in [1.54, 1.807) is 18.8 Å². The van der Waals surface area contributed by atoms with E-state index in [0.29, 0.717) is 0 Å². The molecule has 1 aliphatic rings. The van der Waals surface area contributed by atoms with Gasteiger partial charge in [-0.1, -0.05) is 0 Å². The standard InChI is InChI=1S/C9H13N3O2S/c1-11-4-7(10)8(13)12(9(11)14)6-2-3-15-5-6/h4,6H,2-3,5,10H2,1H3. The van der Waals surface area contributed by atoms with E-state index in [0.717, 1.165) is 17.9 Å². The van der Waals surface area contributed by atoms with Gasteiger partial charge in [-0.25, -0.2) is 4.79 Å². The molecule has 1 aromatic rings. The molecule has 1 atom stereocenters. The summed E-state index contributed by atoms with van der Waals surface area (Å²) in [5, 5.41) is 0. The fraction of sp³-hybridized carbons (Fsp3) is 0.556. The molecule has 0 amide bonds. The second-order valence-electron chi connectivity index (χ2n) is 3.67. The Balaban J connectivity index is 2.63. The molecule has 1 fully saturated rings. The van der Waals surface area contributed by atoms with Crippen LogP contribution in [0.3, 0.4) is 0 Å². The number of aryl methyl sites for hydroxylation is 1. The number of nitrogen functional groups attached to an aromatic ring is 1. The Morgan fingerprint density at radius 3 is 2.87 bits per heavy atom. The van der Waals surface area contributed by atoms with Crippen molar-refractivity contribution in [2.75, 3.05) is 17.2 Å². The molecule has 0 aromatic carbocycles. The lowest BCUT2D eigenvalue weighted by Gasteiger charge is -2.13. The number of thioether (sulfide) groups is 1. The van der Waals surface area contributed by atoms with Crippen LogP contribution in [0.2, 0.25) is 0 Å². The minimum Gasteiger partial charge on any atom is -0.393 e. The molecule has 6 heteroatoms. The Bertz CT molecular complexity index is 451. The SMILES string of the molecule is Cn1cc(N)c(=O)n(C2CCSC2)c1=O. The van der Waals surface area contributed by atoms with Crippen LogP contribution in [0, 0.1) is 0 Å². The number of aromatic nitrogens is 2. The molecule has 1 aliphatic heterocycles. The fourth-order valence-electron chi connectivity index (χ4n) is 1.76. The summed E-state index contributed by atoms with van der Waals surface area (Å²) in [5.41, 5.74) is 5.06. The molecule has 0 bridgehead atoms. The van der Waals surface area contributed by atoms with Crippen molar-refractivity contribution in [3.05, 3.63) is 27.0 Å². The number of hydrogen-bond donors (Lipinski definition) is 1. The molecular formula is C9H13N3O2S. The van der Waals surface area contributed by atoms with Crippen LogP contribution in [-0.2, 0) is 7.05 Å². The van der Waals surface area contributed by atoms with Crippen molar-refractivity contribution in [1.29, 1.82) is 0 Å². The maximum Gasteiger partial charge on any atom is 0.331 e. The predicted molar refractivity (Wildman–Crippen MR) is 61.3 cm³/mol. The number of nitrogens with two attached hydrogens (primary N) is 1. The molecular weight excluding hydrogens is 214 g/mol. The first-order chi connectivity index (χ1) is 7.11. The number of hydrogen-bond acceptors (Lipinski definition) is 4. The summed E-state index contributed by atoms with van der Waals surface area (Å²) in [6.45, 7) is 0. The molecule has 0 radical (unpaired) electrons. The van der Waals surface area contributed by atoms with Crippen molar-refractivity contribution in [3.63, 3.8) is 0 Å². The van der Waals surface area contributed by atoms with Gasteiger partial charge in [0.1, 0.15) is 5.69 Å². The van der Waals surface area contributed by atoms with Crippen LogP contribution in [0.4, 0.5) is 5.69 Å². The third-order valence-corrected chi connectivity index (χ3v) is 3.72. The highest BCUT2D eigenvalue weighted by Gasteiger charge is 2.21. The smallest absolute Gasteiger partial charge is 0.331 e. The topological polar surface area (TPSA) is 70.0 Å². The Morgan fingerprint density at radius 1 is 1.53 bits per heavy atom. The second kappa shape index (κ2) is 3.77. The van der Waals surface area contributed by atoms with Crippen molar-refractivity contribution < 1.29 is 0 Å². The highest BCUT2D eigenvalue weighted by molar-refractivity contribution is 7.99.